The highest BCUT2D eigenvalue weighted by Crippen LogP contribution is 2.20. The Morgan fingerprint density at radius 1 is 1.28 bits per heavy atom. The van der Waals surface area contributed by atoms with Crippen LogP contribution in [0.2, 0.25) is 0 Å². The molecule has 1 aromatic carbocycles. The lowest BCUT2D eigenvalue weighted by molar-refractivity contribution is 0.0416. The standard InChI is InChI=1S/C21H21FN2O4S/c1-14-23-16(13-29-14)11-26-18-8-9-24(10-18)21(25)20-7-6-19(28-20)12-27-17-4-2-15(22)3-5-17/h2-7,13,18H,8-12H2,1H3. The summed E-state index contributed by atoms with van der Waals surface area (Å²) in [5.41, 5.74) is 0.925. The number of nitrogens with zero attached hydrogens (tertiary/aromatic N) is 2. The second-order valence-electron chi connectivity index (χ2n) is 6.84. The lowest BCUT2D eigenvalue weighted by atomic mass is 10.3. The molecule has 1 unspecified atom stereocenters. The number of carbonyl (C=O) groups excluding carboxylic acids is 1. The van der Waals surface area contributed by atoms with Gasteiger partial charge in [-0.3, -0.25) is 4.79 Å². The van der Waals surface area contributed by atoms with Crippen molar-refractivity contribution in [2.45, 2.75) is 32.7 Å². The SMILES string of the molecule is Cc1nc(COC2CCN(C(=O)c3ccc(COc4ccc(F)cc4)o3)C2)cs1. The zero-order valence-electron chi connectivity index (χ0n) is 16.0. The number of hydrogen-bond acceptors (Lipinski definition) is 6. The summed E-state index contributed by atoms with van der Waals surface area (Å²) in [7, 11) is 0. The van der Waals surface area contributed by atoms with E-state index in [1.165, 1.54) is 12.1 Å². The van der Waals surface area contributed by atoms with E-state index in [2.05, 4.69) is 4.98 Å². The van der Waals surface area contributed by atoms with Crippen molar-refractivity contribution in [2.24, 2.45) is 0 Å². The predicted molar refractivity (Wildman–Crippen MR) is 105 cm³/mol. The summed E-state index contributed by atoms with van der Waals surface area (Å²) >= 11 is 1.60. The summed E-state index contributed by atoms with van der Waals surface area (Å²) in [6, 6.07) is 9.11. The Kier molecular flexibility index (Phi) is 5.92. The highest BCUT2D eigenvalue weighted by molar-refractivity contribution is 7.09. The maximum Gasteiger partial charge on any atom is 0.289 e. The number of furan rings is 1. The number of carbonyl (C=O) groups is 1. The largest absolute Gasteiger partial charge is 0.486 e. The fourth-order valence-corrected chi connectivity index (χ4v) is 3.74. The van der Waals surface area contributed by atoms with Crippen LogP contribution in [0.3, 0.4) is 0 Å². The highest BCUT2D eigenvalue weighted by atomic mass is 32.1. The van der Waals surface area contributed by atoms with Crippen molar-refractivity contribution >= 4 is 17.2 Å². The zero-order chi connectivity index (χ0) is 20.2. The lowest BCUT2D eigenvalue weighted by Gasteiger charge is -2.15. The summed E-state index contributed by atoms with van der Waals surface area (Å²) in [5.74, 6) is 0.860. The van der Waals surface area contributed by atoms with Gasteiger partial charge in [-0.15, -0.1) is 11.3 Å². The molecule has 1 fully saturated rings. The van der Waals surface area contributed by atoms with E-state index in [9.17, 15) is 9.18 Å². The van der Waals surface area contributed by atoms with Crippen molar-refractivity contribution in [1.29, 1.82) is 0 Å². The van der Waals surface area contributed by atoms with Gasteiger partial charge in [0.25, 0.3) is 5.91 Å². The number of thiazole rings is 1. The number of halogens is 1. The van der Waals surface area contributed by atoms with Crippen LogP contribution in [-0.4, -0.2) is 35.0 Å². The Morgan fingerprint density at radius 2 is 2.10 bits per heavy atom. The first-order chi connectivity index (χ1) is 14.1. The summed E-state index contributed by atoms with van der Waals surface area (Å²) in [6.45, 7) is 3.75. The molecule has 1 saturated heterocycles. The molecule has 2 aromatic heterocycles. The molecule has 4 rings (SSSR count). The number of amides is 1. The number of ether oxygens (including phenoxy) is 2. The fraction of sp³-hybridized carbons (Fsp3) is 0.333. The van der Waals surface area contributed by atoms with Crippen molar-refractivity contribution in [1.82, 2.24) is 9.88 Å². The lowest BCUT2D eigenvalue weighted by Crippen LogP contribution is -2.29. The van der Waals surface area contributed by atoms with Gasteiger partial charge in [0.15, 0.2) is 5.76 Å². The molecular formula is C21H21FN2O4S. The van der Waals surface area contributed by atoms with Crippen LogP contribution in [0.1, 0.15) is 33.4 Å². The average Bonchev–Trinajstić information content (AvgIpc) is 3.46. The van der Waals surface area contributed by atoms with Crippen LogP contribution in [0.15, 0.2) is 46.2 Å². The summed E-state index contributed by atoms with van der Waals surface area (Å²) < 4.78 is 30.0. The Labute approximate surface area is 171 Å². The third-order valence-corrected chi connectivity index (χ3v) is 5.46. The van der Waals surface area contributed by atoms with Crippen LogP contribution in [-0.2, 0) is 18.0 Å². The Balaban J connectivity index is 1.27. The van der Waals surface area contributed by atoms with Gasteiger partial charge in [-0.2, -0.15) is 0 Å². The smallest absolute Gasteiger partial charge is 0.289 e. The van der Waals surface area contributed by atoms with Crippen LogP contribution in [0, 0.1) is 12.7 Å². The zero-order valence-corrected chi connectivity index (χ0v) is 16.8. The topological polar surface area (TPSA) is 64.8 Å². The van der Waals surface area contributed by atoms with E-state index in [1.54, 1.807) is 40.5 Å². The van der Waals surface area contributed by atoms with Crippen molar-refractivity contribution < 1.29 is 23.1 Å². The first-order valence-corrected chi connectivity index (χ1v) is 10.2. The fourth-order valence-electron chi connectivity index (χ4n) is 3.14. The number of rotatable bonds is 7. The highest BCUT2D eigenvalue weighted by Gasteiger charge is 2.29. The molecule has 0 N–H and O–H groups in total. The summed E-state index contributed by atoms with van der Waals surface area (Å²) in [6.07, 6.45) is 0.785. The van der Waals surface area contributed by atoms with Gasteiger partial charge >= 0.3 is 0 Å². The van der Waals surface area contributed by atoms with Crippen molar-refractivity contribution in [3.05, 3.63) is 69.8 Å². The van der Waals surface area contributed by atoms with Crippen LogP contribution < -0.4 is 4.74 Å². The molecule has 1 aliphatic rings. The Morgan fingerprint density at radius 3 is 2.86 bits per heavy atom. The van der Waals surface area contributed by atoms with E-state index in [4.69, 9.17) is 13.9 Å². The maximum atomic E-state index is 12.9. The quantitative estimate of drug-likeness (QED) is 0.578. The first kappa shape index (κ1) is 19.6. The normalized spacial score (nSPS) is 16.3. The number of likely N-dealkylation sites (tertiary alicyclic amines) is 1. The third-order valence-electron chi connectivity index (χ3n) is 4.63. The number of hydrogen-bond donors (Lipinski definition) is 0. The molecule has 0 bridgehead atoms. The van der Waals surface area contributed by atoms with Crippen LogP contribution in [0.4, 0.5) is 4.39 Å². The van der Waals surface area contributed by atoms with E-state index in [0.717, 1.165) is 17.1 Å². The molecule has 8 heteroatoms. The van der Waals surface area contributed by atoms with Crippen LogP contribution in [0.25, 0.3) is 0 Å². The molecule has 3 aromatic rings. The molecule has 0 radical (unpaired) electrons. The minimum Gasteiger partial charge on any atom is -0.486 e. The Hall–Kier alpha value is -2.71. The molecule has 29 heavy (non-hydrogen) atoms. The minimum atomic E-state index is -0.321. The summed E-state index contributed by atoms with van der Waals surface area (Å²) in [5, 5.41) is 3.01. The van der Waals surface area contributed by atoms with E-state index >= 15 is 0 Å². The number of aryl methyl sites for hydroxylation is 1. The molecule has 6 nitrogen and oxygen atoms in total. The molecule has 1 amide bonds. The van der Waals surface area contributed by atoms with Crippen molar-refractivity contribution in [3.63, 3.8) is 0 Å². The van der Waals surface area contributed by atoms with Crippen molar-refractivity contribution in [2.75, 3.05) is 13.1 Å². The van der Waals surface area contributed by atoms with Gasteiger partial charge in [-0.1, -0.05) is 0 Å². The summed E-state index contributed by atoms with van der Waals surface area (Å²) in [4.78, 5) is 18.8. The number of benzene rings is 1. The molecule has 152 valence electrons. The third kappa shape index (κ3) is 5.02. The van der Waals surface area contributed by atoms with Crippen LogP contribution in [0.5, 0.6) is 5.75 Å². The van der Waals surface area contributed by atoms with Gasteiger partial charge in [0.1, 0.15) is 23.9 Å². The molecule has 1 aliphatic heterocycles. The van der Waals surface area contributed by atoms with Gasteiger partial charge in [-0.25, -0.2) is 9.37 Å². The maximum absolute atomic E-state index is 12.9. The second-order valence-corrected chi connectivity index (χ2v) is 7.90. The molecule has 0 spiro atoms. The van der Waals surface area contributed by atoms with E-state index in [0.29, 0.717) is 31.2 Å². The monoisotopic (exact) mass is 416 g/mol. The van der Waals surface area contributed by atoms with Gasteiger partial charge < -0.3 is 18.8 Å². The number of aromatic nitrogens is 1. The Bertz CT molecular complexity index is 969. The van der Waals surface area contributed by atoms with Crippen LogP contribution >= 0.6 is 11.3 Å². The molecular weight excluding hydrogens is 395 g/mol. The van der Waals surface area contributed by atoms with Gasteiger partial charge in [-0.05, 0) is 49.7 Å². The van der Waals surface area contributed by atoms with E-state index in [1.807, 2.05) is 12.3 Å². The molecule has 0 aliphatic carbocycles. The van der Waals surface area contributed by atoms with Gasteiger partial charge in [0, 0.05) is 18.5 Å². The molecule has 1 atom stereocenters. The molecule has 0 saturated carbocycles. The van der Waals surface area contributed by atoms with Gasteiger partial charge in [0.2, 0.25) is 0 Å². The van der Waals surface area contributed by atoms with E-state index < -0.39 is 0 Å². The van der Waals surface area contributed by atoms with E-state index in [-0.39, 0.29) is 30.2 Å². The first-order valence-electron chi connectivity index (χ1n) is 9.36. The average molecular weight is 416 g/mol. The second kappa shape index (κ2) is 8.75. The van der Waals surface area contributed by atoms with Crippen molar-refractivity contribution in [3.8, 4) is 5.75 Å². The molecule has 3 heterocycles. The van der Waals surface area contributed by atoms with Gasteiger partial charge in [0.05, 0.1) is 23.4 Å². The minimum absolute atomic E-state index is 0.00259. The predicted octanol–water partition coefficient (Wildman–Crippen LogP) is 4.19.